The van der Waals surface area contributed by atoms with Gasteiger partial charge in [0.05, 0.1) is 45.7 Å². The molecule has 0 aliphatic carbocycles. The van der Waals surface area contributed by atoms with Crippen LogP contribution in [-0.4, -0.2) is 87.4 Å². The number of fused-ring (bicyclic) bond motifs is 1. The van der Waals surface area contributed by atoms with Gasteiger partial charge in [0.2, 0.25) is 0 Å². The third-order valence-electron chi connectivity index (χ3n) is 10.6. The first-order valence-electron chi connectivity index (χ1n) is 17.7. The summed E-state index contributed by atoms with van der Waals surface area (Å²) in [7, 11) is 3.11. The number of esters is 1. The van der Waals surface area contributed by atoms with E-state index in [0.717, 1.165) is 11.3 Å². The highest BCUT2D eigenvalue weighted by Crippen LogP contribution is 2.55. The number of aromatic nitrogens is 1. The second kappa shape index (κ2) is 15.6. The highest BCUT2D eigenvalue weighted by atomic mass is 32.1. The smallest absolute Gasteiger partial charge is 0.312 e. The van der Waals surface area contributed by atoms with E-state index in [1.54, 1.807) is 59.9 Å². The van der Waals surface area contributed by atoms with Gasteiger partial charge in [0.25, 0.3) is 11.7 Å². The fraction of sp³-hybridized carbons (Fsp3) is 0.487. The summed E-state index contributed by atoms with van der Waals surface area (Å²) in [6.07, 6.45) is 3.89. The van der Waals surface area contributed by atoms with Gasteiger partial charge in [-0.25, -0.2) is 4.98 Å². The van der Waals surface area contributed by atoms with E-state index in [9.17, 15) is 34.8 Å². The zero-order valence-electron chi connectivity index (χ0n) is 32.0. The number of hydrogen-bond donors (Lipinski definition) is 6. The number of methoxy groups -OCH3 is 1. The van der Waals surface area contributed by atoms with E-state index in [-0.39, 0.29) is 50.2 Å². The first-order valence-corrected chi connectivity index (χ1v) is 18.5. The molecule has 1 aromatic heterocycles. The third kappa shape index (κ3) is 7.12. The molecule has 2 aliphatic heterocycles. The predicted molar refractivity (Wildman–Crippen MR) is 205 cm³/mol. The van der Waals surface area contributed by atoms with Gasteiger partial charge >= 0.3 is 11.8 Å². The first-order chi connectivity index (χ1) is 25.4. The van der Waals surface area contributed by atoms with Gasteiger partial charge in [0.1, 0.15) is 23.3 Å². The number of rotatable bonds is 3. The Bertz CT molecular complexity index is 2070. The number of thiazole rings is 1. The molecule has 5 rings (SSSR count). The number of phenolic OH excluding ortho intramolecular Hbond substituents is 2. The topological polar surface area (TPSA) is 206 Å². The SMILES string of the molecule is CNc1nc2c(s1)c1c(O)c3c(O)c(C)c4c(c32)C(=O)C(C)(O/C=C\C(OC)C(C)C(OC(C)=O)C(C)C(O)C(C)C(O)C(C)/C=C/C=C(\C)C(=O)N1)O4. The van der Waals surface area contributed by atoms with Crippen molar-refractivity contribution in [2.24, 2.45) is 23.7 Å². The number of aliphatic hydroxyl groups is 2. The number of ketones is 1. The lowest BCUT2D eigenvalue weighted by atomic mass is 9.78. The molecule has 0 saturated heterocycles. The molecule has 15 heteroatoms. The summed E-state index contributed by atoms with van der Waals surface area (Å²) < 4.78 is 24.0. The quantitative estimate of drug-likeness (QED) is 0.140. The van der Waals surface area contributed by atoms with Crippen LogP contribution < -0.4 is 15.4 Å². The third-order valence-corrected chi connectivity index (χ3v) is 11.7. The summed E-state index contributed by atoms with van der Waals surface area (Å²) in [5, 5.41) is 52.2. The van der Waals surface area contributed by atoms with Crippen molar-refractivity contribution in [2.45, 2.75) is 85.6 Å². The number of anilines is 2. The van der Waals surface area contributed by atoms with E-state index in [1.165, 1.54) is 40.2 Å². The molecule has 0 radical (unpaired) electrons. The van der Waals surface area contributed by atoms with E-state index in [4.69, 9.17) is 18.9 Å². The predicted octanol–water partition coefficient (Wildman–Crippen LogP) is 5.70. The van der Waals surface area contributed by atoms with Crippen LogP contribution in [0.5, 0.6) is 17.2 Å². The van der Waals surface area contributed by atoms with Crippen molar-refractivity contribution in [3.05, 3.63) is 47.3 Å². The van der Waals surface area contributed by atoms with Crippen LogP contribution in [-0.2, 0) is 23.8 Å². The monoisotopic (exact) mass is 767 g/mol. The van der Waals surface area contributed by atoms with Crippen LogP contribution >= 0.6 is 11.3 Å². The summed E-state index contributed by atoms with van der Waals surface area (Å²) >= 11 is 1.12. The molecule has 54 heavy (non-hydrogen) atoms. The molecule has 4 bridgehead atoms. The largest absolute Gasteiger partial charge is 0.507 e. The molecule has 0 spiro atoms. The number of allylic oxidation sites excluding steroid dienone is 2. The molecule has 2 aromatic carbocycles. The second-order valence-electron chi connectivity index (χ2n) is 14.3. The number of hydrogen-bond acceptors (Lipinski definition) is 14. The first kappa shape index (κ1) is 40.5. The lowest BCUT2D eigenvalue weighted by molar-refractivity contribution is -0.160. The highest BCUT2D eigenvalue weighted by molar-refractivity contribution is 7.23. The van der Waals surface area contributed by atoms with Crippen molar-refractivity contribution in [1.82, 2.24) is 4.98 Å². The molecule has 0 fully saturated rings. The molecular weight excluding hydrogens is 719 g/mol. The van der Waals surface area contributed by atoms with Crippen LogP contribution in [0.25, 0.3) is 21.0 Å². The number of ether oxygens (including phenoxy) is 4. The van der Waals surface area contributed by atoms with Gasteiger partial charge in [0, 0.05) is 68.2 Å². The molecule has 9 unspecified atom stereocenters. The zero-order chi connectivity index (χ0) is 40.0. The van der Waals surface area contributed by atoms with Gasteiger partial charge in [0.15, 0.2) is 10.9 Å². The number of amides is 1. The summed E-state index contributed by atoms with van der Waals surface area (Å²) in [6.45, 7) is 12.8. The Morgan fingerprint density at radius 2 is 1.70 bits per heavy atom. The Morgan fingerprint density at radius 1 is 1.02 bits per heavy atom. The molecule has 9 atom stereocenters. The average Bonchev–Trinajstić information content (AvgIpc) is 3.68. The van der Waals surface area contributed by atoms with E-state index < -0.39 is 77.3 Å². The van der Waals surface area contributed by atoms with Crippen LogP contribution in [0.3, 0.4) is 0 Å². The Hall–Kier alpha value is -4.70. The maximum Gasteiger partial charge on any atom is 0.312 e. The van der Waals surface area contributed by atoms with E-state index in [0.29, 0.717) is 9.83 Å². The van der Waals surface area contributed by atoms with Gasteiger partial charge in [-0.2, -0.15) is 0 Å². The number of carbonyl (C=O) groups is 3. The maximum absolute atomic E-state index is 14.4. The average molecular weight is 768 g/mol. The normalized spacial score (nSPS) is 31.7. The minimum Gasteiger partial charge on any atom is -0.507 e. The van der Waals surface area contributed by atoms with Crippen molar-refractivity contribution in [1.29, 1.82) is 0 Å². The van der Waals surface area contributed by atoms with Crippen molar-refractivity contribution in [3.8, 4) is 17.2 Å². The standard InChI is InChI=1S/C39H49N3O11S/c1-16-12-11-13-17(2)37(49)41-28-32(47)25-24(27-35(28)54-38(40-9)42-27)26-34(21(6)31(25)46)53-39(8,36(26)48)51-15-14-23(50-10)18(3)33(52-22(7)43)20(5)30(45)19(4)29(16)44/h11-16,18-20,23,29-30,33,44-47H,1-10H3,(H,40,42)(H,41,49)/b12-11+,15-14-,17-13+. The molecule has 0 saturated carbocycles. The zero-order valence-corrected chi connectivity index (χ0v) is 32.8. The van der Waals surface area contributed by atoms with Crippen LogP contribution in [0, 0.1) is 30.6 Å². The maximum atomic E-state index is 14.4. The molecular formula is C39H49N3O11S. The van der Waals surface area contributed by atoms with Crippen molar-refractivity contribution < 1.29 is 53.8 Å². The minimum atomic E-state index is -1.94. The van der Waals surface area contributed by atoms with Crippen molar-refractivity contribution in [2.75, 3.05) is 24.8 Å². The Labute approximate surface area is 317 Å². The number of carbonyl (C=O) groups excluding carboxylic acids is 3. The summed E-state index contributed by atoms with van der Waals surface area (Å²) in [5.41, 5.74) is 0.640. The number of nitrogens with zero attached hydrogens (tertiary/aromatic N) is 1. The molecule has 1 amide bonds. The Kier molecular flexibility index (Phi) is 11.7. The van der Waals surface area contributed by atoms with E-state index in [1.807, 2.05) is 0 Å². The van der Waals surface area contributed by atoms with E-state index >= 15 is 0 Å². The summed E-state index contributed by atoms with van der Waals surface area (Å²) in [5.74, 6) is -6.86. The van der Waals surface area contributed by atoms with Crippen LogP contribution in [0.15, 0.2) is 36.1 Å². The van der Waals surface area contributed by atoms with Crippen molar-refractivity contribution >= 4 is 60.8 Å². The molecule has 3 aromatic rings. The van der Waals surface area contributed by atoms with Gasteiger partial charge in [-0.3, -0.25) is 14.4 Å². The number of phenols is 2. The second-order valence-corrected chi connectivity index (χ2v) is 15.3. The van der Waals surface area contributed by atoms with Gasteiger partial charge in [-0.05, 0) is 19.9 Å². The fourth-order valence-corrected chi connectivity index (χ4v) is 8.16. The van der Waals surface area contributed by atoms with Crippen LogP contribution in [0.4, 0.5) is 10.8 Å². The summed E-state index contributed by atoms with van der Waals surface area (Å²) in [4.78, 5) is 44.9. The van der Waals surface area contributed by atoms with Crippen LogP contribution in [0.1, 0.15) is 64.4 Å². The van der Waals surface area contributed by atoms with E-state index in [2.05, 4.69) is 15.6 Å². The number of aliphatic hydroxyl groups excluding tert-OH is 2. The molecule has 292 valence electrons. The highest BCUT2D eigenvalue weighted by Gasteiger charge is 2.49. The lowest BCUT2D eigenvalue weighted by Crippen LogP contribution is -2.46. The number of nitrogens with one attached hydrogen (secondary N) is 2. The van der Waals surface area contributed by atoms with Gasteiger partial charge in [-0.15, -0.1) is 0 Å². The minimum absolute atomic E-state index is 0.0110. The summed E-state index contributed by atoms with van der Waals surface area (Å²) in [6, 6.07) is 0. The number of Topliss-reactive ketones (excluding diaryl/α,β-unsaturated/α-hetero) is 1. The molecule has 14 nitrogen and oxygen atoms in total. The van der Waals surface area contributed by atoms with Crippen LogP contribution in [0.2, 0.25) is 0 Å². The number of benzene rings is 2. The molecule has 2 aliphatic rings. The van der Waals surface area contributed by atoms with Gasteiger partial charge < -0.3 is 50.0 Å². The molecule has 3 heterocycles. The Balaban J connectivity index is 1.71. The fourth-order valence-electron chi connectivity index (χ4n) is 7.23. The number of aromatic hydroxyl groups is 2. The molecule has 6 N–H and O–H groups in total. The lowest BCUT2D eigenvalue weighted by Gasteiger charge is -2.38. The Morgan fingerprint density at radius 3 is 2.33 bits per heavy atom. The van der Waals surface area contributed by atoms with Gasteiger partial charge in [-0.1, -0.05) is 57.3 Å². The van der Waals surface area contributed by atoms with Crippen molar-refractivity contribution in [3.63, 3.8) is 0 Å².